The van der Waals surface area contributed by atoms with Gasteiger partial charge in [0.25, 0.3) is 0 Å². The van der Waals surface area contributed by atoms with Crippen molar-refractivity contribution in [3.05, 3.63) is 41.9 Å². The highest BCUT2D eigenvalue weighted by atomic mass is 16.4. The Morgan fingerprint density at radius 1 is 1.10 bits per heavy atom. The van der Waals surface area contributed by atoms with Crippen LogP contribution in [-0.4, -0.2) is 34.2 Å². The SMILES string of the molecule is Cc1ccc(-c2cnc(CCC(=O)N3CCCCC[C@@H]3[C@H]3CCCCC3=O)o2)cc1. The first-order valence-electron chi connectivity index (χ1n) is 11.5. The first-order valence-corrected chi connectivity index (χ1v) is 11.5. The molecule has 1 amide bonds. The maximum atomic E-state index is 13.1. The van der Waals surface area contributed by atoms with Crippen LogP contribution in [0.5, 0.6) is 0 Å². The van der Waals surface area contributed by atoms with E-state index in [1.165, 1.54) is 5.56 Å². The maximum Gasteiger partial charge on any atom is 0.223 e. The number of nitrogens with zero attached hydrogens (tertiary/aromatic N) is 2. The lowest BCUT2D eigenvalue weighted by Crippen LogP contribution is -2.47. The van der Waals surface area contributed by atoms with Gasteiger partial charge in [-0.3, -0.25) is 9.59 Å². The van der Waals surface area contributed by atoms with Gasteiger partial charge in [-0.1, -0.05) is 49.1 Å². The molecule has 5 nitrogen and oxygen atoms in total. The van der Waals surface area contributed by atoms with Crippen LogP contribution in [0.1, 0.15) is 69.2 Å². The molecular weight excluding hydrogens is 376 g/mol. The summed E-state index contributed by atoms with van der Waals surface area (Å²) in [6.45, 7) is 2.83. The highest BCUT2D eigenvalue weighted by Crippen LogP contribution is 2.32. The van der Waals surface area contributed by atoms with Gasteiger partial charge in [0.15, 0.2) is 11.7 Å². The fourth-order valence-corrected chi connectivity index (χ4v) is 4.91. The smallest absolute Gasteiger partial charge is 0.223 e. The molecule has 0 radical (unpaired) electrons. The van der Waals surface area contributed by atoms with Crippen LogP contribution < -0.4 is 0 Å². The van der Waals surface area contributed by atoms with Crippen LogP contribution in [0, 0.1) is 12.8 Å². The third-order valence-corrected chi connectivity index (χ3v) is 6.63. The van der Waals surface area contributed by atoms with Crippen molar-refractivity contribution in [2.75, 3.05) is 6.54 Å². The van der Waals surface area contributed by atoms with Crippen molar-refractivity contribution in [3.63, 3.8) is 0 Å². The number of benzene rings is 1. The fourth-order valence-electron chi connectivity index (χ4n) is 4.91. The number of ketones is 1. The van der Waals surface area contributed by atoms with Gasteiger partial charge in [0.2, 0.25) is 5.91 Å². The third-order valence-electron chi connectivity index (χ3n) is 6.63. The first-order chi connectivity index (χ1) is 14.6. The molecule has 1 aromatic carbocycles. The summed E-state index contributed by atoms with van der Waals surface area (Å²) in [4.78, 5) is 32.1. The minimum Gasteiger partial charge on any atom is -0.441 e. The van der Waals surface area contributed by atoms with E-state index >= 15 is 0 Å². The molecule has 2 aromatic rings. The number of amides is 1. The second kappa shape index (κ2) is 9.59. The summed E-state index contributed by atoms with van der Waals surface area (Å²) in [7, 11) is 0. The Kier molecular flexibility index (Phi) is 6.66. The zero-order chi connectivity index (χ0) is 20.9. The van der Waals surface area contributed by atoms with Gasteiger partial charge >= 0.3 is 0 Å². The molecule has 1 saturated carbocycles. The molecule has 0 N–H and O–H groups in total. The molecule has 4 rings (SSSR count). The lowest BCUT2D eigenvalue weighted by atomic mass is 9.80. The molecule has 2 fully saturated rings. The van der Waals surface area contributed by atoms with Crippen molar-refractivity contribution < 1.29 is 14.0 Å². The summed E-state index contributed by atoms with van der Waals surface area (Å²) in [5, 5.41) is 0. The number of aryl methyl sites for hydroxylation is 2. The van der Waals surface area contributed by atoms with Crippen LogP contribution in [0.3, 0.4) is 0 Å². The summed E-state index contributed by atoms with van der Waals surface area (Å²) in [5.41, 5.74) is 2.20. The Bertz CT molecular complexity index is 871. The van der Waals surface area contributed by atoms with Crippen molar-refractivity contribution in [3.8, 4) is 11.3 Å². The van der Waals surface area contributed by atoms with E-state index in [1.807, 2.05) is 29.2 Å². The van der Waals surface area contributed by atoms with E-state index in [4.69, 9.17) is 4.42 Å². The topological polar surface area (TPSA) is 63.4 Å². The van der Waals surface area contributed by atoms with E-state index in [9.17, 15) is 9.59 Å². The lowest BCUT2D eigenvalue weighted by Gasteiger charge is -2.37. The van der Waals surface area contributed by atoms with Gasteiger partial charge in [0.1, 0.15) is 5.78 Å². The van der Waals surface area contributed by atoms with Gasteiger partial charge in [-0.2, -0.15) is 0 Å². The Balaban J connectivity index is 1.40. The number of hydrogen-bond acceptors (Lipinski definition) is 4. The van der Waals surface area contributed by atoms with Crippen LogP contribution in [0.2, 0.25) is 0 Å². The fraction of sp³-hybridized carbons (Fsp3) is 0.560. The summed E-state index contributed by atoms with van der Waals surface area (Å²) >= 11 is 0. The number of aromatic nitrogens is 1. The molecule has 1 aliphatic heterocycles. The number of likely N-dealkylation sites (tertiary alicyclic amines) is 1. The maximum absolute atomic E-state index is 13.1. The average Bonchev–Trinajstić information content (AvgIpc) is 3.09. The zero-order valence-electron chi connectivity index (χ0n) is 17.9. The van der Waals surface area contributed by atoms with Gasteiger partial charge in [0, 0.05) is 43.3 Å². The second-order valence-corrected chi connectivity index (χ2v) is 8.81. The van der Waals surface area contributed by atoms with Crippen LogP contribution >= 0.6 is 0 Å². The highest BCUT2D eigenvalue weighted by molar-refractivity contribution is 5.84. The molecule has 2 atom stereocenters. The van der Waals surface area contributed by atoms with E-state index in [0.29, 0.717) is 30.9 Å². The Labute approximate surface area is 178 Å². The minimum atomic E-state index is 0.0377. The van der Waals surface area contributed by atoms with Crippen LogP contribution in [0.15, 0.2) is 34.9 Å². The molecule has 1 saturated heterocycles. The van der Waals surface area contributed by atoms with Crippen molar-refractivity contribution in [2.24, 2.45) is 5.92 Å². The van der Waals surface area contributed by atoms with E-state index in [-0.39, 0.29) is 17.9 Å². The largest absolute Gasteiger partial charge is 0.441 e. The number of carbonyl (C=O) groups is 2. The van der Waals surface area contributed by atoms with Gasteiger partial charge < -0.3 is 9.32 Å². The molecule has 160 valence electrons. The van der Waals surface area contributed by atoms with Crippen molar-refractivity contribution in [1.82, 2.24) is 9.88 Å². The summed E-state index contributed by atoms with van der Waals surface area (Å²) < 4.78 is 5.90. The third kappa shape index (κ3) is 4.82. The number of carbonyl (C=O) groups excluding carboxylic acids is 2. The number of oxazole rings is 1. The quantitative estimate of drug-likeness (QED) is 0.689. The summed E-state index contributed by atoms with van der Waals surface area (Å²) in [6, 6.07) is 8.22. The van der Waals surface area contributed by atoms with Crippen molar-refractivity contribution in [2.45, 2.75) is 77.2 Å². The molecule has 1 aliphatic carbocycles. The normalized spacial score (nSPS) is 22.7. The Hall–Kier alpha value is -2.43. The second-order valence-electron chi connectivity index (χ2n) is 8.81. The molecule has 0 spiro atoms. The van der Waals surface area contributed by atoms with Gasteiger partial charge in [-0.05, 0) is 32.6 Å². The lowest BCUT2D eigenvalue weighted by molar-refractivity contribution is -0.137. The van der Waals surface area contributed by atoms with Crippen LogP contribution in [-0.2, 0) is 16.0 Å². The molecule has 2 heterocycles. The minimum absolute atomic E-state index is 0.0377. The molecule has 5 heteroatoms. The number of hydrogen-bond donors (Lipinski definition) is 0. The Morgan fingerprint density at radius 2 is 1.90 bits per heavy atom. The number of rotatable bonds is 5. The molecule has 2 aliphatic rings. The molecule has 0 unspecified atom stereocenters. The molecule has 1 aromatic heterocycles. The Morgan fingerprint density at radius 3 is 2.70 bits per heavy atom. The monoisotopic (exact) mass is 408 g/mol. The van der Waals surface area contributed by atoms with Crippen molar-refractivity contribution in [1.29, 1.82) is 0 Å². The van der Waals surface area contributed by atoms with Gasteiger partial charge in [0.05, 0.1) is 6.20 Å². The van der Waals surface area contributed by atoms with E-state index in [0.717, 1.165) is 62.8 Å². The van der Waals surface area contributed by atoms with Gasteiger partial charge in [-0.15, -0.1) is 0 Å². The van der Waals surface area contributed by atoms with E-state index in [1.54, 1.807) is 6.20 Å². The van der Waals surface area contributed by atoms with E-state index in [2.05, 4.69) is 11.9 Å². The van der Waals surface area contributed by atoms with Crippen LogP contribution in [0.4, 0.5) is 0 Å². The van der Waals surface area contributed by atoms with Crippen LogP contribution in [0.25, 0.3) is 11.3 Å². The highest BCUT2D eigenvalue weighted by Gasteiger charge is 2.36. The number of Topliss-reactive ketones (excluding diaryl/α,β-unsaturated/α-hetero) is 1. The zero-order valence-corrected chi connectivity index (χ0v) is 17.9. The molecule has 30 heavy (non-hydrogen) atoms. The first kappa shape index (κ1) is 20.8. The standard InChI is InChI=1S/C25H32N2O3/c1-18-10-12-19(13-11-18)23-17-26-24(30-23)14-15-25(29)27-16-6-2-3-8-21(27)20-7-4-5-9-22(20)28/h10-13,17,20-21H,2-9,14-16H2,1H3/t20-,21-/m1/s1. The predicted octanol–water partition coefficient (Wildman–Crippen LogP) is 5.11. The van der Waals surface area contributed by atoms with E-state index < -0.39 is 0 Å². The average molecular weight is 409 g/mol. The van der Waals surface area contributed by atoms with Crippen molar-refractivity contribution >= 4 is 11.7 Å². The summed E-state index contributed by atoms with van der Waals surface area (Å²) in [6.07, 6.45) is 10.6. The van der Waals surface area contributed by atoms with Gasteiger partial charge in [-0.25, -0.2) is 4.98 Å². The summed E-state index contributed by atoms with van der Waals surface area (Å²) in [5.74, 6) is 1.87. The predicted molar refractivity (Wildman–Crippen MR) is 116 cm³/mol. The molecule has 0 bridgehead atoms. The molecular formula is C25H32N2O3.